The maximum absolute atomic E-state index is 13.2. The number of carbonyl (C=O) groups excluding carboxylic acids is 1. The lowest BCUT2D eigenvalue weighted by molar-refractivity contribution is 0.0592. The van der Waals surface area contributed by atoms with E-state index < -0.39 is 11.8 Å². The number of rotatable bonds is 2. The lowest BCUT2D eigenvalue weighted by Crippen LogP contribution is -2.11. The van der Waals surface area contributed by atoms with Crippen LogP contribution in [0.1, 0.15) is 21.7 Å². The molecule has 2 aromatic rings. The Morgan fingerprint density at radius 1 is 1.38 bits per heavy atom. The number of benzene rings is 1. The van der Waals surface area contributed by atoms with Gasteiger partial charge in [0.2, 0.25) is 0 Å². The van der Waals surface area contributed by atoms with Crippen molar-refractivity contribution in [3.8, 4) is 11.4 Å². The number of fused-ring (bicyclic) bond motifs is 1. The van der Waals surface area contributed by atoms with E-state index in [1.54, 1.807) is 0 Å². The zero-order chi connectivity index (χ0) is 15.0. The quantitative estimate of drug-likeness (QED) is 0.863. The minimum absolute atomic E-state index is 0.0191. The van der Waals surface area contributed by atoms with Gasteiger partial charge in [-0.2, -0.15) is 0 Å². The Morgan fingerprint density at radius 2 is 2.19 bits per heavy atom. The van der Waals surface area contributed by atoms with Crippen molar-refractivity contribution in [3.05, 3.63) is 46.0 Å². The maximum Gasteiger partial charge on any atom is 0.357 e. The van der Waals surface area contributed by atoms with Crippen LogP contribution in [0.2, 0.25) is 5.02 Å². The molecule has 2 heterocycles. The minimum Gasteiger partial charge on any atom is -0.464 e. The summed E-state index contributed by atoms with van der Waals surface area (Å²) in [6, 6.07) is 4.19. The van der Waals surface area contributed by atoms with Crippen molar-refractivity contribution in [2.24, 2.45) is 0 Å². The van der Waals surface area contributed by atoms with Crippen molar-refractivity contribution in [3.63, 3.8) is 0 Å². The molecular weight excluding hydrogens is 297 g/mol. The highest BCUT2D eigenvalue weighted by molar-refractivity contribution is 6.31. The van der Waals surface area contributed by atoms with Gasteiger partial charge in [0.1, 0.15) is 5.82 Å². The van der Waals surface area contributed by atoms with Gasteiger partial charge in [-0.05, 0) is 18.2 Å². The number of nitrogens with one attached hydrogen (secondary N) is 1. The number of aromatic nitrogens is 2. The molecule has 21 heavy (non-hydrogen) atoms. The molecule has 0 fully saturated rings. The first-order valence-electron chi connectivity index (χ1n) is 6.24. The van der Waals surface area contributed by atoms with Gasteiger partial charge in [0.05, 0.1) is 17.8 Å². The van der Waals surface area contributed by atoms with Crippen molar-refractivity contribution < 1.29 is 13.9 Å². The van der Waals surface area contributed by atoms with Crippen LogP contribution in [-0.2, 0) is 17.8 Å². The first-order chi connectivity index (χ1) is 10.1. The molecule has 0 atom stereocenters. The van der Waals surface area contributed by atoms with E-state index in [4.69, 9.17) is 16.3 Å². The zero-order valence-electron chi connectivity index (χ0n) is 11.1. The third kappa shape index (κ3) is 2.48. The summed E-state index contributed by atoms with van der Waals surface area (Å²) in [4.78, 5) is 20.5. The van der Waals surface area contributed by atoms with Gasteiger partial charge in [0.25, 0.3) is 0 Å². The highest BCUT2D eigenvalue weighted by Gasteiger charge is 2.24. The highest BCUT2D eigenvalue weighted by Crippen LogP contribution is 2.26. The van der Waals surface area contributed by atoms with Gasteiger partial charge in [0.15, 0.2) is 11.5 Å². The number of carbonyl (C=O) groups is 1. The van der Waals surface area contributed by atoms with Crippen molar-refractivity contribution >= 4 is 17.6 Å². The summed E-state index contributed by atoms with van der Waals surface area (Å²) in [6.07, 6.45) is 0. The van der Waals surface area contributed by atoms with Gasteiger partial charge < -0.3 is 10.1 Å². The Morgan fingerprint density at radius 3 is 2.90 bits per heavy atom. The number of methoxy groups -OCH3 is 1. The largest absolute Gasteiger partial charge is 0.464 e. The molecule has 0 unspecified atom stereocenters. The van der Waals surface area contributed by atoms with Crippen LogP contribution in [0.25, 0.3) is 11.4 Å². The number of ether oxygens (including phenoxy) is 1. The van der Waals surface area contributed by atoms with Crippen molar-refractivity contribution in [2.75, 3.05) is 7.11 Å². The molecule has 108 valence electrons. The predicted molar refractivity (Wildman–Crippen MR) is 74.3 cm³/mol. The molecule has 1 aliphatic rings. The first-order valence-corrected chi connectivity index (χ1v) is 6.62. The van der Waals surface area contributed by atoms with Crippen LogP contribution in [0.5, 0.6) is 0 Å². The summed E-state index contributed by atoms with van der Waals surface area (Å²) < 4.78 is 18.0. The summed E-state index contributed by atoms with van der Waals surface area (Å²) in [6.45, 7) is 1.06. The molecule has 0 radical (unpaired) electrons. The van der Waals surface area contributed by atoms with E-state index in [1.807, 2.05) is 0 Å². The molecule has 1 aliphatic heterocycles. The molecule has 1 aromatic carbocycles. The van der Waals surface area contributed by atoms with Gasteiger partial charge in [-0.15, -0.1) is 0 Å². The second-order valence-corrected chi connectivity index (χ2v) is 4.95. The van der Waals surface area contributed by atoms with E-state index in [9.17, 15) is 9.18 Å². The van der Waals surface area contributed by atoms with Crippen LogP contribution in [0, 0.1) is 5.82 Å². The van der Waals surface area contributed by atoms with Crippen molar-refractivity contribution in [1.29, 1.82) is 0 Å². The standard InChI is InChI=1S/C14H11ClFN3O2/c1-21-14(20)12-8-5-17-6-11(8)18-13(19-12)7-2-3-10(16)9(15)4-7/h2-4,17H,5-6H2,1H3. The van der Waals surface area contributed by atoms with Crippen LogP contribution in [0.3, 0.4) is 0 Å². The molecule has 5 nitrogen and oxygen atoms in total. The van der Waals surface area contributed by atoms with E-state index in [0.717, 1.165) is 11.3 Å². The van der Waals surface area contributed by atoms with Crippen molar-refractivity contribution in [2.45, 2.75) is 13.1 Å². The summed E-state index contributed by atoms with van der Waals surface area (Å²) in [7, 11) is 1.30. The summed E-state index contributed by atoms with van der Waals surface area (Å²) in [5.74, 6) is -0.719. The third-order valence-electron chi connectivity index (χ3n) is 3.24. The van der Waals surface area contributed by atoms with Gasteiger partial charge >= 0.3 is 5.97 Å². The Kier molecular flexibility index (Phi) is 3.57. The second kappa shape index (κ2) is 5.38. The predicted octanol–water partition coefficient (Wildman–Crippen LogP) is 2.33. The van der Waals surface area contributed by atoms with Crippen LogP contribution >= 0.6 is 11.6 Å². The van der Waals surface area contributed by atoms with Crippen LogP contribution in [0.4, 0.5) is 4.39 Å². The van der Waals surface area contributed by atoms with Gasteiger partial charge in [0, 0.05) is 24.2 Å². The van der Waals surface area contributed by atoms with E-state index in [1.165, 1.54) is 25.3 Å². The molecule has 1 aromatic heterocycles. The lowest BCUT2D eigenvalue weighted by atomic mass is 10.1. The van der Waals surface area contributed by atoms with Crippen LogP contribution in [-0.4, -0.2) is 23.0 Å². The summed E-state index contributed by atoms with van der Waals surface area (Å²) in [5.41, 5.74) is 2.24. The SMILES string of the molecule is COC(=O)c1nc(-c2ccc(F)c(Cl)c2)nc2c1CNC2. The molecule has 0 aliphatic carbocycles. The number of esters is 1. The molecule has 7 heteroatoms. The maximum atomic E-state index is 13.2. The zero-order valence-corrected chi connectivity index (χ0v) is 11.9. The summed E-state index contributed by atoms with van der Waals surface area (Å²) >= 11 is 5.78. The molecule has 0 bridgehead atoms. The van der Waals surface area contributed by atoms with E-state index in [2.05, 4.69) is 15.3 Å². The Hall–Kier alpha value is -2.05. The molecule has 0 amide bonds. The Bertz CT molecular complexity index is 736. The number of nitrogens with zero attached hydrogens (tertiary/aromatic N) is 2. The fourth-order valence-electron chi connectivity index (χ4n) is 2.20. The number of hydrogen-bond donors (Lipinski definition) is 1. The number of halogens is 2. The molecule has 0 spiro atoms. The van der Waals surface area contributed by atoms with Gasteiger partial charge in [-0.3, -0.25) is 0 Å². The van der Waals surface area contributed by atoms with E-state index in [-0.39, 0.29) is 10.7 Å². The van der Waals surface area contributed by atoms with Crippen molar-refractivity contribution in [1.82, 2.24) is 15.3 Å². The fourth-order valence-corrected chi connectivity index (χ4v) is 2.38. The van der Waals surface area contributed by atoms with Gasteiger partial charge in [-0.25, -0.2) is 19.2 Å². The smallest absolute Gasteiger partial charge is 0.357 e. The lowest BCUT2D eigenvalue weighted by Gasteiger charge is -2.08. The average Bonchev–Trinajstić information content (AvgIpc) is 2.96. The first kappa shape index (κ1) is 13.9. The summed E-state index contributed by atoms with van der Waals surface area (Å²) in [5, 5.41) is 3.09. The van der Waals surface area contributed by atoms with E-state index >= 15 is 0 Å². The topological polar surface area (TPSA) is 64.1 Å². The fraction of sp³-hybridized carbons (Fsp3) is 0.214. The third-order valence-corrected chi connectivity index (χ3v) is 3.53. The normalized spacial score (nSPS) is 13.1. The van der Waals surface area contributed by atoms with Crippen LogP contribution < -0.4 is 5.32 Å². The van der Waals surface area contributed by atoms with E-state index in [0.29, 0.717) is 24.5 Å². The number of hydrogen-bond acceptors (Lipinski definition) is 5. The Balaban J connectivity index is 2.15. The Labute approximate surface area is 125 Å². The van der Waals surface area contributed by atoms with Crippen LogP contribution in [0.15, 0.2) is 18.2 Å². The highest BCUT2D eigenvalue weighted by atomic mass is 35.5. The molecule has 1 N–H and O–H groups in total. The molecule has 0 saturated carbocycles. The minimum atomic E-state index is -0.521. The van der Waals surface area contributed by atoms with Gasteiger partial charge in [-0.1, -0.05) is 11.6 Å². The molecule has 3 rings (SSSR count). The molecular formula is C14H11ClFN3O2. The second-order valence-electron chi connectivity index (χ2n) is 4.55. The molecule has 0 saturated heterocycles. The monoisotopic (exact) mass is 307 g/mol. The average molecular weight is 308 g/mol.